The number of aromatic nitrogens is 2. The Morgan fingerprint density at radius 3 is 2.81 bits per heavy atom. The van der Waals surface area contributed by atoms with Gasteiger partial charge in [-0.15, -0.1) is 0 Å². The molecule has 2 aromatic rings. The fourth-order valence-electron chi connectivity index (χ4n) is 2.65. The average Bonchev–Trinajstić information content (AvgIpc) is 3.12. The Hall–Kier alpha value is -2.28. The van der Waals surface area contributed by atoms with Crippen LogP contribution in [0.3, 0.4) is 0 Å². The molecule has 0 aliphatic heterocycles. The molecule has 0 spiro atoms. The van der Waals surface area contributed by atoms with Crippen molar-refractivity contribution in [3.8, 4) is 5.69 Å². The number of nitrogens with zero attached hydrogens (tertiary/aromatic N) is 2. The summed E-state index contributed by atoms with van der Waals surface area (Å²) in [4.78, 5) is 27.7. The number of hydrogen-bond donors (Lipinski definition) is 1. The molecule has 1 aromatic heterocycles. The number of thioether (sulfide) groups is 1. The van der Waals surface area contributed by atoms with E-state index in [1.54, 1.807) is 13.1 Å². The summed E-state index contributed by atoms with van der Waals surface area (Å²) in [5.41, 5.74) is 2.32. The first-order chi connectivity index (χ1) is 13.0. The third-order valence-corrected chi connectivity index (χ3v) is 4.91. The third kappa shape index (κ3) is 6.43. The number of hydrogen-bond acceptors (Lipinski definition) is 5. The molecular formula is C20H27N3O3S. The van der Waals surface area contributed by atoms with Crippen LogP contribution >= 0.6 is 11.8 Å². The molecular weight excluding hydrogens is 362 g/mol. The largest absolute Gasteiger partial charge is 0.466 e. The van der Waals surface area contributed by atoms with Gasteiger partial charge in [0.1, 0.15) is 0 Å². The minimum absolute atomic E-state index is 0.0736. The summed E-state index contributed by atoms with van der Waals surface area (Å²) in [6.07, 6.45) is 4.56. The van der Waals surface area contributed by atoms with Gasteiger partial charge in [0, 0.05) is 25.4 Å². The van der Waals surface area contributed by atoms with Crippen LogP contribution in [-0.4, -0.2) is 40.3 Å². The molecule has 0 atom stereocenters. The van der Waals surface area contributed by atoms with E-state index in [0.29, 0.717) is 31.9 Å². The van der Waals surface area contributed by atoms with E-state index >= 15 is 0 Å². The molecule has 0 saturated heterocycles. The second kappa shape index (κ2) is 10.8. The molecule has 146 valence electrons. The lowest BCUT2D eigenvalue weighted by molar-refractivity contribution is -0.143. The lowest BCUT2D eigenvalue weighted by Gasteiger charge is -2.15. The van der Waals surface area contributed by atoms with E-state index < -0.39 is 0 Å². The van der Waals surface area contributed by atoms with Crippen molar-refractivity contribution < 1.29 is 14.3 Å². The smallest absolute Gasteiger partial charge is 0.305 e. The number of benzene rings is 1. The van der Waals surface area contributed by atoms with Crippen molar-refractivity contribution in [1.29, 1.82) is 0 Å². The number of imidazole rings is 1. The van der Waals surface area contributed by atoms with Crippen LogP contribution in [0.4, 0.5) is 0 Å². The monoisotopic (exact) mass is 389 g/mol. The van der Waals surface area contributed by atoms with Crippen LogP contribution in [0.25, 0.3) is 5.69 Å². The van der Waals surface area contributed by atoms with Crippen LogP contribution in [0, 0.1) is 0 Å². The highest BCUT2D eigenvalue weighted by atomic mass is 32.2. The maximum absolute atomic E-state index is 12.0. The summed E-state index contributed by atoms with van der Waals surface area (Å²) in [5.74, 6) is 0.368. The molecule has 0 aliphatic carbocycles. The van der Waals surface area contributed by atoms with Crippen molar-refractivity contribution in [1.82, 2.24) is 14.9 Å². The zero-order valence-corrected chi connectivity index (χ0v) is 16.9. The van der Waals surface area contributed by atoms with Gasteiger partial charge in [-0.3, -0.25) is 14.2 Å². The number of esters is 1. The van der Waals surface area contributed by atoms with Gasteiger partial charge in [0.25, 0.3) is 0 Å². The highest BCUT2D eigenvalue weighted by Gasteiger charge is 2.13. The van der Waals surface area contributed by atoms with Crippen molar-refractivity contribution in [2.75, 3.05) is 18.9 Å². The maximum Gasteiger partial charge on any atom is 0.305 e. The van der Waals surface area contributed by atoms with Crippen LogP contribution in [0.2, 0.25) is 0 Å². The van der Waals surface area contributed by atoms with Crippen molar-refractivity contribution in [2.45, 2.75) is 44.7 Å². The van der Waals surface area contributed by atoms with Crippen LogP contribution in [0.1, 0.15) is 45.1 Å². The first-order valence-electron chi connectivity index (χ1n) is 9.20. The normalized spacial score (nSPS) is 10.8. The Labute approximate surface area is 164 Å². The fraction of sp³-hybridized carbons (Fsp3) is 0.450. The summed E-state index contributed by atoms with van der Waals surface area (Å²) in [6.45, 7) is 6.94. The van der Waals surface area contributed by atoms with Gasteiger partial charge in [0.15, 0.2) is 5.16 Å². The zero-order valence-electron chi connectivity index (χ0n) is 16.1. The van der Waals surface area contributed by atoms with E-state index in [2.05, 4.69) is 36.3 Å². The molecule has 0 bridgehead atoms. The van der Waals surface area contributed by atoms with E-state index in [9.17, 15) is 9.59 Å². The molecule has 6 nitrogen and oxygen atoms in total. The lowest BCUT2D eigenvalue weighted by atomic mass is 10.0. The molecule has 1 heterocycles. The highest BCUT2D eigenvalue weighted by Crippen LogP contribution is 2.27. The van der Waals surface area contributed by atoms with Gasteiger partial charge in [-0.05, 0) is 30.9 Å². The second-order valence-electron chi connectivity index (χ2n) is 6.34. The number of nitrogens with one attached hydrogen (secondary N) is 1. The molecule has 0 saturated carbocycles. The molecule has 1 amide bonds. The first-order valence-corrected chi connectivity index (χ1v) is 10.2. The number of carbonyl (C=O) groups is 2. The van der Waals surface area contributed by atoms with Crippen molar-refractivity contribution in [3.05, 3.63) is 42.2 Å². The third-order valence-electron chi connectivity index (χ3n) is 3.94. The van der Waals surface area contributed by atoms with E-state index in [1.165, 1.54) is 17.3 Å². The Morgan fingerprint density at radius 2 is 2.07 bits per heavy atom. The number of amides is 1. The molecule has 0 radical (unpaired) electrons. The topological polar surface area (TPSA) is 73.2 Å². The number of rotatable bonds is 10. The van der Waals surface area contributed by atoms with Crippen LogP contribution in [0.15, 0.2) is 41.8 Å². The quantitative estimate of drug-likeness (QED) is 0.382. The first kappa shape index (κ1) is 21.0. The maximum atomic E-state index is 12.0. The van der Waals surface area contributed by atoms with Gasteiger partial charge in [-0.2, -0.15) is 0 Å². The van der Waals surface area contributed by atoms with E-state index in [-0.39, 0.29) is 17.6 Å². The van der Waals surface area contributed by atoms with Gasteiger partial charge >= 0.3 is 5.97 Å². The van der Waals surface area contributed by atoms with E-state index in [4.69, 9.17) is 4.74 Å². The predicted octanol–water partition coefficient (Wildman–Crippen LogP) is 3.55. The lowest BCUT2D eigenvalue weighted by Crippen LogP contribution is -2.26. The Morgan fingerprint density at radius 1 is 1.30 bits per heavy atom. The molecule has 1 aromatic carbocycles. The fourth-order valence-corrected chi connectivity index (χ4v) is 3.45. The molecule has 1 N–H and O–H groups in total. The highest BCUT2D eigenvalue weighted by molar-refractivity contribution is 7.99. The zero-order chi connectivity index (χ0) is 19.6. The SMILES string of the molecule is CCOC(=O)CCCNC(=O)CSc1nccn1-c1ccccc1C(C)C. The van der Waals surface area contributed by atoms with Gasteiger partial charge in [0.2, 0.25) is 5.91 Å². The number of para-hydroxylation sites is 1. The predicted molar refractivity (Wildman–Crippen MR) is 107 cm³/mol. The minimum atomic E-state index is -0.230. The number of ether oxygens (including phenoxy) is 1. The van der Waals surface area contributed by atoms with E-state index in [0.717, 1.165) is 10.8 Å². The summed E-state index contributed by atoms with van der Waals surface area (Å²) in [7, 11) is 0. The van der Waals surface area contributed by atoms with Gasteiger partial charge in [-0.1, -0.05) is 43.8 Å². The summed E-state index contributed by atoms with van der Waals surface area (Å²) < 4.78 is 6.88. The van der Waals surface area contributed by atoms with E-state index in [1.807, 2.05) is 22.9 Å². The van der Waals surface area contributed by atoms with Crippen LogP contribution in [-0.2, 0) is 14.3 Å². The molecule has 0 unspecified atom stereocenters. The Balaban J connectivity index is 1.87. The molecule has 27 heavy (non-hydrogen) atoms. The Kier molecular flexibility index (Phi) is 8.39. The minimum Gasteiger partial charge on any atom is -0.466 e. The molecule has 7 heteroatoms. The molecule has 0 fully saturated rings. The average molecular weight is 390 g/mol. The standard InChI is InChI=1S/C20H27N3O3S/c1-4-26-19(25)10-7-11-21-18(24)14-27-20-22-12-13-23(20)17-9-6-5-8-16(17)15(2)3/h5-6,8-9,12-13,15H,4,7,10-11,14H2,1-3H3,(H,21,24). The van der Waals surface area contributed by atoms with Gasteiger partial charge in [0.05, 0.1) is 18.0 Å². The van der Waals surface area contributed by atoms with Crippen LogP contribution < -0.4 is 5.32 Å². The van der Waals surface area contributed by atoms with Crippen LogP contribution in [0.5, 0.6) is 0 Å². The second-order valence-corrected chi connectivity index (χ2v) is 7.28. The van der Waals surface area contributed by atoms with Gasteiger partial charge in [-0.25, -0.2) is 4.98 Å². The molecule has 0 aliphatic rings. The van der Waals surface area contributed by atoms with Crippen molar-refractivity contribution in [3.63, 3.8) is 0 Å². The summed E-state index contributed by atoms with van der Waals surface area (Å²) in [5, 5.41) is 3.61. The summed E-state index contributed by atoms with van der Waals surface area (Å²) in [6, 6.07) is 8.22. The summed E-state index contributed by atoms with van der Waals surface area (Å²) >= 11 is 1.40. The van der Waals surface area contributed by atoms with Gasteiger partial charge < -0.3 is 10.1 Å². The van der Waals surface area contributed by atoms with Crippen molar-refractivity contribution >= 4 is 23.6 Å². The number of carbonyl (C=O) groups excluding carboxylic acids is 2. The Bertz CT molecular complexity index is 758. The van der Waals surface area contributed by atoms with Crippen molar-refractivity contribution in [2.24, 2.45) is 0 Å². The molecule has 2 rings (SSSR count).